The van der Waals surface area contributed by atoms with Gasteiger partial charge < -0.3 is 42.4 Å². The van der Waals surface area contributed by atoms with Crippen molar-refractivity contribution in [3.8, 4) is 5.88 Å². The molecular weight excluding hydrogens is 478 g/mol. The fourth-order valence-corrected chi connectivity index (χ4v) is 3.24. The lowest BCUT2D eigenvalue weighted by Crippen LogP contribution is -2.50. The van der Waals surface area contributed by atoms with Crippen LogP contribution in [0.25, 0.3) is 0 Å². The Balaban J connectivity index is 2.11. The fraction of sp³-hybridized carbons (Fsp3) is 0.333. The number of nitrogens with two attached hydrogens (primary N) is 2. The molecule has 10 N–H and O–H groups in total. The van der Waals surface area contributed by atoms with E-state index in [1.165, 1.54) is 12.1 Å². The standard InChI is InChI=1S/C21H27N7O8/c22-20(23)24-8-4-7-12-18(33)28(21(36)26-12)10-14(29)25-13(9-15(30)31)17(32)27-16(19(34)35)11-5-2-1-3-6-11/h1-3,5-6,13,16,33H,4,7-10H2,(H,25,29)(H,26,36)(H,27,32)(H,30,31)(H,34,35)(H4,22,23,24)/t13-,16-/m0/s1. The molecule has 2 rings (SSSR count). The number of aryl methyl sites for hydroxylation is 1. The summed E-state index contributed by atoms with van der Waals surface area (Å²) in [7, 11) is 0. The molecule has 0 bridgehead atoms. The van der Waals surface area contributed by atoms with E-state index >= 15 is 0 Å². The van der Waals surface area contributed by atoms with Crippen molar-refractivity contribution >= 4 is 29.7 Å². The Morgan fingerprint density at radius 3 is 2.33 bits per heavy atom. The number of hydrogen-bond acceptors (Lipinski definition) is 7. The number of guanidine groups is 1. The highest BCUT2D eigenvalue weighted by Crippen LogP contribution is 2.15. The maximum Gasteiger partial charge on any atom is 0.330 e. The molecule has 0 saturated carbocycles. The van der Waals surface area contributed by atoms with Crippen LogP contribution in [0.2, 0.25) is 0 Å². The number of nitrogens with zero attached hydrogens (tertiary/aromatic N) is 2. The number of aromatic amines is 1. The molecule has 1 heterocycles. The number of nitrogens with one attached hydrogen (secondary N) is 3. The van der Waals surface area contributed by atoms with E-state index in [2.05, 4.69) is 20.6 Å². The molecule has 0 fully saturated rings. The summed E-state index contributed by atoms with van der Waals surface area (Å²) < 4.78 is 0.699. The molecule has 15 nitrogen and oxygen atoms in total. The van der Waals surface area contributed by atoms with Gasteiger partial charge in [0, 0.05) is 6.54 Å². The molecule has 0 saturated heterocycles. The number of aromatic hydroxyl groups is 1. The molecule has 0 aliphatic heterocycles. The second-order valence-corrected chi connectivity index (χ2v) is 7.64. The van der Waals surface area contributed by atoms with E-state index in [1.807, 2.05) is 0 Å². The average Bonchev–Trinajstić information content (AvgIpc) is 3.07. The lowest BCUT2D eigenvalue weighted by molar-refractivity contribution is -0.143. The number of aromatic nitrogens is 2. The Bertz CT molecular complexity index is 1180. The van der Waals surface area contributed by atoms with Crippen LogP contribution in [-0.4, -0.2) is 67.2 Å². The summed E-state index contributed by atoms with van der Waals surface area (Å²) in [6, 6.07) is 4.53. The van der Waals surface area contributed by atoms with Crippen LogP contribution in [0.4, 0.5) is 0 Å². The molecule has 194 valence electrons. The maximum atomic E-state index is 12.7. The van der Waals surface area contributed by atoms with E-state index in [0.717, 1.165) is 0 Å². The van der Waals surface area contributed by atoms with Crippen LogP contribution >= 0.6 is 0 Å². The van der Waals surface area contributed by atoms with Crippen LogP contribution < -0.4 is 27.8 Å². The number of carbonyl (C=O) groups is 4. The minimum absolute atomic E-state index is 0.111. The fourth-order valence-electron chi connectivity index (χ4n) is 3.24. The van der Waals surface area contributed by atoms with Gasteiger partial charge in [-0.2, -0.15) is 0 Å². The molecular formula is C21H27N7O8. The smallest absolute Gasteiger partial charge is 0.330 e. The van der Waals surface area contributed by atoms with E-state index in [1.54, 1.807) is 18.2 Å². The second kappa shape index (κ2) is 12.6. The van der Waals surface area contributed by atoms with Gasteiger partial charge in [-0.05, 0) is 18.4 Å². The minimum Gasteiger partial charge on any atom is -0.493 e. The minimum atomic E-state index is -1.66. The molecule has 36 heavy (non-hydrogen) atoms. The third-order valence-corrected chi connectivity index (χ3v) is 4.91. The Morgan fingerprint density at radius 1 is 1.08 bits per heavy atom. The summed E-state index contributed by atoms with van der Waals surface area (Å²) in [5, 5.41) is 33.3. The van der Waals surface area contributed by atoms with Crippen LogP contribution in [0, 0.1) is 0 Å². The number of H-pyrrole nitrogens is 1. The predicted octanol–water partition coefficient (Wildman–Crippen LogP) is -2.01. The zero-order chi connectivity index (χ0) is 26.8. The summed E-state index contributed by atoms with van der Waals surface area (Å²) in [6.45, 7) is -0.499. The third kappa shape index (κ3) is 7.89. The van der Waals surface area contributed by atoms with Crippen LogP contribution in [0.1, 0.15) is 30.1 Å². The lowest BCUT2D eigenvalue weighted by atomic mass is 10.1. The van der Waals surface area contributed by atoms with Crippen molar-refractivity contribution in [2.75, 3.05) is 6.54 Å². The number of amides is 2. The molecule has 1 aromatic heterocycles. The first-order valence-electron chi connectivity index (χ1n) is 10.6. The van der Waals surface area contributed by atoms with Crippen molar-refractivity contribution in [3.05, 3.63) is 52.1 Å². The molecule has 0 unspecified atom stereocenters. The Labute approximate surface area is 203 Å². The summed E-state index contributed by atoms with van der Waals surface area (Å²) in [5.74, 6) is -5.49. The molecule has 2 aromatic rings. The molecule has 0 aliphatic rings. The number of hydrogen-bond donors (Lipinski definition) is 8. The summed E-state index contributed by atoms with van der Waals surface area (Å²) in [6.07, 6.45) is -0.292. The van der Waals surface area contributed by atoms with Gasteiger partial charge in [0.1, 0.15) is 12.6 Å². The number of carboxylic acid groups (broad SMARTS) is 2. The van der Waals surface area contributed by atoms with E-state index in [9.17, 15) is 34.2 Å². The molecule has 2 amide bonds. The van der Waals surface area contributed by atoms with Crippen LogP contribution in [-0.2, 0) is 32.1 Å². The Kier molecular flexibility index (Phi) is 9.59. The number of rotatable bonds is 13. The zero-order valence-corrected chi connectivity index (χ0v) is 19.0. The summed E-state index contributed by atoms with van der Waals surface area (Å²) >= 11 is 0. The number of benzene rings is 1. The normalized spacial score (nSPS) is 12.2. The van der Waals surface area contributed by atoms with Gasteiger partial charge in [-0.3, -0.25) is 23.9 Å². The molecule has 1 aromatic carbocycles. The molecule has 0 radical (unpaired) electrons. The Morgan fingerprint density at radius 2 is 1.75 bits per heavy atom. The van der Waals surface area contributed by atoms with Crippen molar-refractivity contribution < 1.29 is 34.5 Å². The van der Waals surface area contributed by atoms with Crippen molar-refractivity contribution in [1.29, 1.82) is 0 Å². The van der Waals surface area contributed by atoms with E-state index in [-0.39, 0.29) is 30.2 Å². The highest BCUT2D eigenvalue weighted by atomic mass is 16.4. The van der Waals surface area contributed by atoms with Crippen molar-refractivity contribution in [2.24, 2.45) is 16.5 Å². The van der Waals surface area contributed by atoms with E-state index < -0.39 is 60.4 Å². The topological polar surface area (TPSA) is 255 Å². The highest BCUT2D eigenvalue weighted by molar-refractivity contribution is 5.93. The summed E-state index contributed by atoms with van der Waals surface area (Å²) in [4.78, 5) is 66.4. The van der Waals surface area contributed by atoms with E-state index in [4.69, 9.17) is 16.6 Å². The van der Waals surface area contributed by atoms with Gasteiger partial charge >= 0.3 is 17.6 Å². The largest absolute Gasteiger partial charge is 0.493 e. The second-order valence-electron chi connectivity index (χ2n) is 7.64. The van der Waals surface area contributed by atoms with Gasteiger partial charge in [0.15, 0.2) is 12.0 Å². The number of carboxylic acids is 2. The number of carbonyl (C=O) groups excluding carboxylic acids is 2. The van der Waals surface area contributed by atoms with Gasteiger partial charge in [0.2, 0.25) is 17.7 Å². The average molecular weight is 505 g/mol. The first-order valence-corrected chi connectivity index (χ1v) is 10.6. The van der Waals surface area contributed by atoms with Crippen LogP contribution in [0.3, 0.4) is 0 Å². The molecule has 2 atom stereocenters. The Hall–Kier alpha value is -4.82. The zero-order valence-electron chi connectivity index (χ0n) is 19.0. The van der Waals surface area contributed by atoms with Gasteiger partial charge in [-0.1, -0.05) is 30.3 Å². The van der Waals surface area contributed by atoms with Crippen molar-refractivity contribution in [1.82, 2.24) is 20.2 Å². The summed E-state index contributed by atoms with van der Waals surface area (Å²) in [5.41, 5.74) is 10.00. The van der Waals surface area contributed by atoms with Gasteiger partial charge in [-0.25, -0.2) is 9.59 Å². The first kappa shape index (κ1) is 27.4. The van der Waals surface area contributed by atoms with Crippen LogP contribution in [0.15, 0.2) is 40.1 Å². The number of imidazole rings is 1. The SMILES string of the molecule is NC(N)=NCCCc1[nH]c(=O)n(CC(=O)N[C@@H](CC(=O)O)C(=O)N[C@H](C(=O)O)c2ccccc2)c1O. The number of aliphatic carboxylic acids is 2. The quantitative estimate of drug-likeness (QED) is 0.0842. The number of aliphatic imine (C=N–C) groups is 1. The molecule has 0 spiro atoms. The van der Waals surface area contributed by atoms with Gasteiger partial charge in [0.05, 0.1) is 12.1 Å². The van der Waals surface area contributed by atoms with Crippen molar-refractivity contribution in [3.63, 3.8) is 0 Å². The molecule has 15 heteroatoms. The predicted molar refractivity (Wildman–Crippen MR) is 125 cm³/mol. The third-order valence-electron chi connectivity index (χ3n) is 4.91. The lowest BCUT2D eigenvalue weighted by Gasteiger charge is -2.20. The van der Waals surface area contributed by atoms with E-state index in [0.29, 0.717) is 11.0 Å². The van der Waals surface area contributed by atoms with Crippen LogP contribution in [0.5, 0.6) is 5.88 Å². The molecule has 0 aliphatic carbocycles. The monoisotopic (exact) mass is 505 g/mol. The first-order chi connectivity index (χ1) is 17.0. The maximum absolute atomic E-state index is 12.7. The van der Waals surface area contributed by atoms with Gasteiger partial charge in [-0.15, -0.1) is 0 Å². The highest BCUT2D eigenvalue weighted by Gasteiger charge is 2.29. The van der Waals surface area contributed by atoms with Gasteiger partial charge in [0.25, 0.3) is 0 Å². The van der Waals surface area contributed by atoms with Crippen molar-refractivity contribution in [2.45, 2.75) is 37.9 Å².